The molecule has 1 rings (SSSR count). The number of rotatable bonds is 5. The number of hydrogen-bond donors (Lipinski definition) is 1. The van der Waals surface area contributed by atoms with E-state index in [4.69, 9.17) is 11.6 Å². The first-order valence-electron chi connectivity index (χ1n) is 5.46. The number of halogens is 1. The molecule has 1 aliphatic rings. The number of hydrogen-bond acceptors (Lipinski definition) is 1. The van der Waals surface area contributed by atoms with Crippen molar-refractivity contribution in [1.82, 2.24) is 5.32 Å². The highest BCUT2D eigenvalue weighted by Gasteiger charge is 2.26. The molecule has 3 heteroatoms. The lowest BCUT2D eigenvalue weighted by atomic mass is 9.82. The molecule has 1 aliphatic carbocycles. The minimum absolute atomic E-state index is 0.166. The van der Waals surface area contributed by atoms with E-state index in [1.807, 2.05) is 13.8 Å². The molecule has 1 saturated carbocycles. The first kappa shape index (κ1) is 11.8. The van der Waals surface area contributed by atoms with Crippen LogP contribution in [0.4, 0.5) is 0 Å². The summed E-state index contributed by atoms with van der Waals surface area (Å²) in [4.78, 5) is 11.6. The van der Waals surface area contributed by atoms with E-state index in [1.54, 1.807) is 0 Å². The van der Waals surface area contributed by atoms with Gasteiger partial charge in [-0.15, -0.1) is 11.6 Å². The van der Waals surface area contributed by atoms with Gasteiger partial charge in [0.15, 0.2) is 0 Å². The Labute approximate surface area is 91.4 Å². The molecule has 0 aromatic carbocycles. The fourth-order valence-electron chi connectivity index (χ4n) is 1.56. The van der Waals surface area contributed by atoms with Gasteiger partial charge < -0.3 is 5.32 Å². The Hall–Kier alpha value is -0.240. The van der Waals surface area contributed by atoms with Crippen LogP contribution in [-0.4, -0.2) is 17.3 Å². The third-order valence-corrected chi connectivity index (χ3v) is 3.81. The number of alkyl halides is 1. The van der Waals surface area contributed by atoms with Crippen molar-refractivity contribution in [3.05, 3.63) is 0 Å². The molecule has 14 heavy (non-hydrogen) atoms. The van der Waals surface area contributed by atoms with Crippen molar-refractivity contribution in [2.24, 2.45) is 5.92 Å². The van der Waals surface area contributed by atoms with Crippen molar-refractivity contribution in [2.45, 2.75) is 51.5 Å². The maximum absolute atomic E-state index is 11.6. The van der Waals surface area contributed by atoms with E-state index in [2.05, 4.69) is 5.32 Å². The normalized spacial score (nSPS) is 21.1. The van der Waals surface area contributed by atoms with Gasteiger partial charge in [0.25, 0.3) is 0 Å². The molecule has 0 aromatic heterocycles. The van der Waals surface area contributed by atoms with Gasteiger partial charge in [0.1, 0.15) is 0 Å². The molecule has 0 radical (unpaired) electrons. The van der Waals surface area contributed by atoms with E-state index >= 15 is 0 Å². The Kier molecular flexibility index (Phi) is 4.24. The van der Waals surface area contributed by atoms with Crippen molar-refractivity contribution >= 4 is 17.5 Å². The molecule has 0 spiro atoms. The molecule has 1 fully saturated rings. The minimum atomic E-state index is -0.220. The van der Waals surface area contributed by atoms with E-state index in [1.165, 1.54) is 19.3 Å². The molecule has 1 amide bonds. The Morgan fingerprint density at radius 2 is 2.21 bits per heavy atom. The summed E-state index contributed by atoms with van der Waals surface area (Å²) in [5, 5.41) is 3.02. The Bertz CT molecular complexity index is 197. The monoisotopic (exact) mass is 217 g/mol. The van der Waals surface area contributed by atoms with Gasteiger partial charge in [-0.1, -0.05) is 13.3 Å². The number of nitrogens with one attached hydrogen (secondary N) is 1. The van der Waals surface area contributed by atoms with Crippen LogP contribution in [0.1, 0.15) is 46.0 Å². The largest absolute Gasteiger partial charge is 0.350 e. The molecule has 82 valence electrons. The third-order valence-electron chi connectivity index (χ3n) is 3.22. The van der Waals surface area contributed by atoms with E-state index in [0.29, 0.717) is 18.2 Å². The molecule has 1 N–H and O–H groups in total. The van der Waals surface area contributed by atoms with Crippen LogP contribution in [0.15, 0.2) is 0 Å². The van der Waals surface area contributed by atoms with Crippen LogP contribution in [0.5, 0.6) is 0 Å². The standard InChI is InChI=1S/C11H20ClNO/c1-3-11(2,8-12)13-10(14)7-9-5-4-6-9/h9H,3-8H2,1-2H3,(H,13,14). The van der Waals surface area contributed by atoms with Crippen LogP contribution < -0.4 is 5.32 Å². The summed E-state index contributed by atoms with van der Waals surface area (Å²) in [6.45, 7) is 4.05. The van der Waals surface area contributed by atoms with Gasteiger partial charge in [-0.3, -0.25) is 4.79 Å². The van der Waals surface area contributed by atoms with Gasteiger partial charge in [0.2, 0.25) is 5.91 Å². The first-order valence-corrected chi connectivity index (χ1v) is 6.00. The van der Waals surface area contributed by atoms with Crippen molar-refractivity contribution < 1.29 is 4.79 Å². The minimum Gasteiger partial charge on any atom is -0.350 e. The maximum Gasteiger partial charge on any atom is 0.220 e. The van der Waals surface area contributed by atoms with Crippen LogP contribution in [0.2, 0.25) is 0 Å². The van der Waals surface area contributed by atoms with Crippen LogP contribution in [-0.2, 0) is 4.79 Å². The highest BCUT2D eigenvalue weighted by molar-refractivity contribution is 6.18. The lowest BCUT2D eigenvalue weighted by Gasteiger charge is -2.30. The van der Waals surface area contributed by atoms with Crippen molar-refractivity contribution in [2.75, 3.05) is 5.88 Å². The maximum atomic E-state index is 11.6. The second kappa shape index (κ2) is 5.01. The number of carbonyl (C=O) groups is 1. The van der Waals surface area contributed by atoms with E-state index in [0.717, 1.165) is 6.42 Å². The molecule has 0 aromatic rings. The van der Waals surface area contributed by atoms with Crippen molar-refractivity contribution in [1.29, 1.82) is 0 Å². The quantitative estimate of drug-likeness (QED) is 0.705. The highest BCUT2D eigenvalue weighted by Crippen LogP contribution is 2.29. The van der Waals surface area contributed by atoms with Gasteiger partial charge in [-0.2, -0.15) is 0 Å². The summed E-state index contributed by atoms with van der Waals surface area (Å²) in [5.41, 5.74) is -0.220. The van der Waals surface area contributed by atoms with E-state index in [9.17, 15) is 4.79 Å². The Balaban J connectivity index is 2.30. The van der Waals surface area contributed by atoms with Gasteiger partial charge >= 0.3 is 0 Å². The molecular formula is C11H20ClNO. The zero-order valence-electron chi connectivity index (χ0n) is 9.11. The summed E-state index contributed by atoms with van der Waals surface area (Å²) in [7, 11) is 0. The fourth-order valence-corrected chi connectivity index (χ4v) is 1.82. The Morgan fingerprint density at radius 1 is 1.57 bits per heavy atom. The van der Waals surface area contributed by atoms with Gasteiger partial charge in [0, 0.05) is 12.3 Å². The van der Waals surface area contributed by atoms with Crippen molar-refractivity contribution in [3.8, 4) is 0 Å². The second-order valence-electron chi connectivity index (χ2n) is 4.60. The molecule has 1 atom stereocenters. The average Bonchev–Trinajstić information content (AvgIpc) is 2.11. The van der Waals surface area contributed by atoms with Crippen molar-refractivity contribution in [3.63, 3.8) is 0 Å². The van der Waals surface area contributed by atoms with E-state index in [-0.39, 0.29) is 11.4 Å². The predicted molar refractivity (Wildman–Crippen MR) is 59.5 cm³/mol. The summed E-state index contributed by atoms with van der Waals surface area (Å²) in [6, 6.07) is 0. The average molecular weight is 218 g/mol. The topological polar surface area (TPSA) is 29.1 Å². The predicted octanol–water partition coefficient (Wildman–Crippen LogP) is 2.70. The van der Waals surface area contributed by atoms with Gasteiger partial charge in [0.05, 0.1) is 5.54 Å². The SMILES string of the molecule is CCC(C)(CCl)NC(=O)CC1CCC1. The lowest BCUT2D eigenvalue weighted by Crippen LogP contribution is -2.47. The summed E-state index contributed by atoms with van der Waals surface area (Å²) >= 11 is 5.82. The van der Waals surface area contributed by atoms with Gasteiger partial charge in [-0.25, -0.2) is 0 Å². The zero-order chi connectivity index (χ0) is 10.6. The number of carbonyl (C=O) groups excluding carboxylic acids is 1. The third kappa shape index (κ3) is 3.16. The van der Waals surface area contributed by atoms with Gasteiger partial charge in [-0.05, 0) is 32.1 Å². The summed E-state index contributed by atoms with van der Waals surface area (Å²) < 4.78 is 0. The number of amides is 1. The van der Waals surface area contributed by atoms with Crippen LogP contribution in [0.3, 0.4) is 0 Å². The van der Waals surface area contributed by atoms with Crippen LogP contribution in [0.25, 0.3) is 0 Å². The molecule has 2 nitrogen and oxygen atoms in total. The Morgan fingerprint density at radius 3 is 2.57 bits per heavy atom. The molecule has 0 aliphatic heterocycles. The molecule has 1 unspecified atom stereocenters. The molecule has 0 saturated heterocycles. The zero-order valence-corrected chi connectivity index (χ0v) is 9.86. The smallest absolute Gasteiger partial charge is 0.220 e. The summed E-state index contributed by atoms with van der Waals surface area (Å²) in [5.74, 6) is 1.28. The molecular weight excluding hydrogens is 198 g/mol. The summed E-state index contributed by atoms with van der Waals surface area (Å²) in [6.07, 6.45) is 5.30. The fraction of sp³-hybridized carbons (Fsp3) is 0.909. The first-order chi connectivity index (χ1) is 6.59. The van der Waals surface area contributed by atoms with E-state index < -0.39 is 0 Å². The lowest BCUT2D eigenvalue weighted by molar-refractivity contribution is -0.124. The molecule has 0 heterocycles. The molecule has 0 bridgehead atoms. The van der Waals surface area contributed by atoms with Crippen LogP contribution >= 0.6 is 11.6 Å². The van der Waals surface area contributed by atoms with Crippen LogP contribution in [0, 0.1) is 5.92 Å². The second-order valence-corrected chi connectivity index (χ2v) is 4.86. The highest BCUT2D eigenvalue weighted by atomic mass is 35.5.